The summed E-state index contributed by atoms with van der Waals surface area (Å²) in [6.07, 6.45) is 0.803. The highest BCUT2D eigenvalue weighted by atomic mass is 32.2. The number of aromatic nitrogens is 3. The van der Waals surface area contributed by atoms with Crippen molar-refractivity contribution < 1.29 is 4.42 Å². The maximum absolute atomic E-state index is 12.0. The Morgan fingerprint density at radius 1 is 1.27 bits per heavy atom. The van der Waals surface area contributed by atoms with Crippen LogP contribution in [0.25, 0.3) is 21.3 Å². The van der Waals surface area contributed by atoms with E-state index in [1.54, 1.807) is 33.7 Å². The van der Waals surface area contributed by atoms with Crippen LogP contribution in [0.3, 0.4) is 0 Å². The molecule has 0 fully saturated rings. The third-order valence-corrected chi connectivity index (χ3v) is 6.40. The number of fused-ring (bicyclic) bond motifs is 2. The van der Waals surface area contributed by atoms with E-state index in [4.69, 9.17) is 10.2 Å². The molecule has 134 valence electrons. The molecule has 4 aromatic rings. The molecule has 0 atom stereocenters. The van der Waals surface area contributed by atoms with Gasteiger partial charge in [0.1, 0.15) is 10.6 Å². The standard InChI is InChI=1S/C18H18N4O2S2/c1-10-11(2)26-16-14(10)15(19)20-17(21-16)25-9-5-8-22-12-6-3-4-7-13(12)24-18(22)23/h3-4,6-7H,5,8-9H2,1-2H3,(H2,19,20,21). The zero-order valence-electron chi connectivity index (χ0n) is 14.5. The molecular weight excluding hydrogens is 368 g/mol. The van der Waals surface area contributed by atoms with Crippen LogP contribution in [0, 0.1) is 13.8 Å². The predicted molar refractivity (Wildman–Crippen MR) is 107 cm³/mol. The number of rotatable bonds is 5. The van der Waals surface area contributed by atoms with E-state index in [2.05, 4.69) is 16.9 Å². The molecule has 0 aliphatic heterocycles. The van der Waals surface area contributed by atoms with Crippen LogP contribution >= 0.6 is 23.1 Å². The van der Waals surface area contributed by atoms with Gasteiger partial charge in [0.25, 0.3) is 0 Å². The number of para-hydroxylation sites is 2. The van der Waals surface area contributed by atoms with Crippen molar-refractivity contribution in [1.82, 2.24) is 14.5 Å². The summed E-state index contributed by atoms with van der Waals surface area (Å²) in [5.41, 5.74) is 8.72. The number of nitrogen functional groups attached to an aromatic ring is 1. The fraction of sp³-hybridized carbons (Fsp3) is 0.278. The minimum absolute atomic E-state index is 0.317. The van der Waals surface area contributed by atoms with Crippen molar-refractivity contribution in [3.05, 3.63) is 45.3 Å². The Bertz CT molecular complexity index is 1160. The molecule has 2 N–H and O–H groups in total. The third kappa shape index (κ3) is 2.99. The summed E-state index contributed by atoms with van der Waals surface area (Å²) >= 11 is 3.20. The smallest absolute Gasteiger partial charge is 0.408 e. The molecule has 0 spiro atoms. The van der Waals surface area contributed by atoms with E-state index in [-0.39, 0.29) is 5.76 Å². The monoisotopic (exact) mass is 386 g/mol. The van der Waals surface area contributed by atoms with Gasteiger partial charge in [0.15, 0.2) is 10.7 Å². The molecular formula is C18H18N4O2S2. The second-order valence-electron chi connectivity index (χ2n) is 6.04. The number of hydrogen-bond donors (Lipinski definition) is 1. The first-order valence-corrected chi connectivity index (χ1v) is 10.1. The lowest BCUT2D eigenvalue weighted by molar-refractivity contribution is 0.503. The molecule has 1 aromatic carbocycles. The molecule has 0 unspecified atom stereocenters. The van der Waals surface area contributed by atoms with E-state index in [1.807, 2.05) is 25.1 Å². The van der Waals surface area contributed by atoms with Crippen LogP contribution in [0.4, 0.5) is 5.82 Å². The fourth-order valence-electron chi connectivity index (χ4n) is 2.94. The molecule has 8 heteroatoms. The molecule has 26 heavy (non-hydrogen) atoms. The Balaban J connectivity index is 1.46. The largest absolute Gasteiger partial charge is 0.419 e. The van der Waals surface area contributed by atoms with Gasteiger partial charge in [0, 0.05) is 17.2 Å². The highest BCUT2D eigenvalue weighted by molar-refractivity contribution is 7.99. The van der Waals surface area contributed by atoms with Crippen LogP contribution in [0.15, 0.2) is 38.6 Å². The maximum atomic E-state index is 12.0. The molecule has 6 nitrogen and oxygen atoms in total. The first-order valence-electron chi connectivity index (χ1n) is 8.29. The summed E-state index contributed by atoms with van der Waals surface area (Å²) in [5.74, 6) is 1.01. The zero-order chi connectivity index (χ0) is 18.3. The minimum Gasteiger partial charge on any atom is -0.408 e. The van der Waals surface area contributed by atoms with Crippen molar-refractivity contribution in [1.29, 1.82) is 0 Å². The lowest BCUT2D eigenvalue weighted by atomic mass is 10.2. The Labute approximate surface area is 158 Å². The first-order chi connectivity index (χ1) is 12.5. The molecule has 3 heterocycles. The van der Waals surface area contributed by atoms with Gasteiger partial charge in [-0.3, -0.25) is 4.57 Å². The van der Waals surface area contributed by atoms with Crippen LogP contribution in [0.5, 0.6) is 0 Å². The van der Waals surface area contributed by atoms with E-state index in [0.29, 0.717) is 23.1 Å². The number of hydrogen-bond acceptors (Lipinski definition) is 7. The van der Waals surface area contributed by atoms with Crippen molar-refractivity contribution in [2.45, 2.75) is 32.0 Å². The minimum atomic E-state index is -0.317. The number of nitrogens with two attached hydrogens (primary N) is 1. The molecule has 4 rings (SSSR count). The van der Waals surface area contributed by atoms with E-state index in [9.17, 15) is 4.79 Å². The van der Waals surface area contributed by atoms with Crippen molar-refractivity contribution in [2.75, 3.05) is 11.5 Å². The molecule has 3 aromatic heterocycles. The second kappa shape index (κ2) is 6.77. The predicted octanol–water partition coefficient (Wildman–Crippen LogP) is 3.98. The van der Waals surface area contributed by atoms with Gasteiger partial charge in [-0.05, 0) is 38.0 Å². The van der Waals surface area contributed by atoms with Crippen LogP contribution in [0.2, 0.25) is 0 Å². The number of thiophene rings is 1. The van der Waals surface area contributed by atoms with E-state index >= 15 is 0 Å². The van der Waals surface area contributed by atoms with Gasteiger partial charge in [0.2, 0.25) is 0 Å². The molecule has 0 saturated heterocycles. The van der Waals surface area contributed by atoms with Gasteiger partial charge in [-0.25, -0.2) is 14.8 Å². The number of thioether (sulfide) groups is 1. The number of anilines is 1. The maximum Gasteiger partial charge on any atom is 0.419 e. The molecule has 0 aliphatic rings. The van der Waals surface area contributed by atoms with E-state index < -0.39 is 0 Å². The van der Waals surface area contributed by atoms with Crippen LogP contribution in [0.1, 0.15) is 16.9 Å². The number of oxazole rings is 1. The summed E-state index contributed by atoms with van der Waals surface area (Å²) in [6.45, 7) is 4.71. The van der Waals surface area contributed by atoms with Gasteiger partial charge in [-0.15, -0.1) is 11.3 Å². The van der Waals surface area contributed by atoms with Gasteiger partial charge in [-0.2, -0.15) is 0 Å². The summed E-state index contributed by atoms with van der Waals surface area (Å²) in [5, 5.41) is 1.65. The quantitative estimate of drug-likeness (QED) is 0.317. The SMILES string of the molecule is Cc1sc2nc(SCCCn3c(=O)oc4ccccc43)nc(N)c2c1C. The van der Waals surface area contributed by atoms with E-state index in [1.165, 1.54) is 4.88 Å². The average Bonchev–Trinajstić information content (AvgIpc) is 3.08. The normalized spacial score (nSPS) is 11.6. The molecule has 0 amide bonds. The lowest BCUT2D eigenvalue weighted by Gasteiger charge is -2.04. The Hall–Kier alpha value is -2.32. The second-order valence-corrected chi connectivity index (χ2v) is 8.31. The van der Waals surface area contributed by atoms with Crippen LogP contribution < -0.4 is 11.5 Å². The van der Waals surface area contributed by atoms with Crippen LogP contribution in [-0.2, 0) is 6.54 Å². The first kappa shape index (κ1) is 17.1. The molecule has 0 bridgehead atoms. The summed E-state index contributed by atoms with van der Waals surface area (Å²) in [4.78, 5) is 23.2. The lowest BCUT2D eigenvalue weighted by Crippen LogP contribution is -2.14. The number of benzene rings is 1. The molecule has 0 aliphatic carbocycles. The number of aryl methyl sites for hydroxylation is 3. The van der Waals surface area contributed by atoms with E-state index in [0.717, 1.165) is 33.5 Å². The topological polar surface area (TPSA) is 86.9 Å². The van der Waals surface area contributed by atoms with Gasteiger partial charge < -0.3 is 10.2 Å². The highest BCUT2D eigenvalue weighted by Gasteiger charge is 2.13. The highest BCUT2D eigenvalue weighted by Crippen LogP contribution is 2.33. The fourth-order valence-corrected chi connectivity index (χ4v) is 4.81. The van der Waals surface area contributed by atoms with Gasteiger partial charge >= 0.3 is 5.76 Å². The third-order valence-electron chi connectivity index (χ3n) is 4.37. The Kier molecular flexibility index (Phi) is 4.46. The van der Waals surface area contributed by atoms with Crippen molar-refractivity contribution in [2.24, 2.45) is 0 Å². The summed E-state index contributed by atoms with van der Waals surface area (Å²) in [7, 11) is 0. The van der Waals surface area contributed by atoms with Crippen molar-refractivity contribution in [3.63, 3.8) is 0 Å². The zero-order valence-corrected chi connectivity index (χ0v) is 16.1. The summed E-state index contributed by atoms with van der Waals surface area (Å²) in [6, 6.07) is 7.46. The van der Waals surface area contributed by atoms with Gasteiger partial charge in [-0.1, -0.05) is 23.9 Å². The van der Waals surface area contributed by atoms with Crippen molar-refractivity contribution >= 4 is 50.2 Å². The van der Waals surface area contributed by atoms with Crippen molar-refractivity contribution in [3.8, 4) is 0 Å². The Morgan fingerprint density at radius 2 is 2.08 bits per heavy atom. The number of nitrogens with zero attached hydrogens (tertiary/aromatic N) is 3. The molecule has 0 radical (unpaired) electrons. The van der Waals surface area contributed by atoms with Crippen LogP contribution in [-0.4, -0.2) is 20.3 Å². The average molecular weight is 387 g/mol. The van der Waals surface area contributed by atoms with Gasteiger partial charge in [0.05, 0.1) is 10.9 Å². The molecule has 0 saturated carbocycles. The Morgan fingerprint density at radius 3 is 2.92 bits per heavy atom. The summed E-state index contributed by atoms with van der Waals surface area (Å²) < 4.78 is 6.92.